The van der Waals surface area contributed by atoms with E-state index in [1.165, 1.54) is 9.25 Å². The Bertz CT molecular complexity index is 1300. The molecule has 4 rings (SSSR count). The van der Waals surface area contributed by atoms with Gasteiger partial charge in [-0.2, -0.15) is 5.10 Å². The molecule has 1 amide bonds. The maximum atomic E-state index is 12.8. The lowest BCUT2D eigenvalue weighted by Crippen LogP contribution is -2.41. The van der Waals surface area contributed by atoms with Crippen molar-refractivity contribution in [2.24, 2.45) is 0 Å². The molecule has 0 bridgehead atoms. The zero-order chi connectivity index (χ0) is 20.4. The molecule has 0 aliphatic carbocycles. The number of hydrogen-bond donors (Lipinski definition) is 1. The highest BCUT2D eigenvalue weighted by Crippen LogP contribution is 2.16. The van der Waals surface area contributed by atoms with Crippen LogP contribution in [0.1, 0.15) is 6.92 Å². The fraction of sp³-hybridized carbons (Fsp3) is 0.150. The summed E-state index contributed by atoms with van der Waals surface area (Å²) < 4.78 is 3.96. The highest BCUT2D eigenvalue weighted by atomic mass is 16.2. The molecule has 9 nitrogen and oxygen atoms in total. The Morgan fingerprint density at radius 1 is 1.03 bits per heavy atom. The van der Waals surface area contributed by atoms with Crippen LogP contribution in [0.2, 0.25) is 0 Å². The number of para-hydroxylation sites is 1. The van der Waals surface area contributed by atoms with E-state index in [1.807, 2.05) is 0 Å². The molecule has 0 aliphatic rings. The molecule has 4 aromatic rings. The van der Waals surface area contributed by atoms with Crippen molar-refractivity contribution >= 4 is 22.5 Å². The number of rotatable bonds is 5. The standard InChI is InChI=1S/C20H18N6O3/c1-2-24-19(28)14-7-3-4-9-16(14)25(20(24)29)13-17(27)23-15-8-5-10-21-18(15)26-12-6-11-22-26/h3-12H,2,13H2,1H3,(H,23,27). The molecule has 1 aromatic carbocycles. The number of carbonyl (C=O) groups excluding carboxylic acids is 1. The number of benzene rings is 1. The van der Waals surface area contributed by atoms with Crippen molar-refractivity contribution in [3.05, 3.63) is 81.9 Å². The summed E-state index contributed by atoms with van der Waals surface area (Å²) >= 11 is 0. The Morgan fingerprint density at radius 3 is 2.62 bits per heavy atom. The van der Waals surface area contributed by atoms with Crippen molar-refractivity contribution in [2.45, 2.75) is 20.0 Å². The predicted octanol–water partition coefficient (Wildman–Crippen LogP) is 1.40. The van der Waals surface area contributed by atoms with Gasteiger partial charge in [0.25, 0.3) is 5.56 Å². The molecule has 29 heavy (non-hydrogen) atoms. The molecule has 1 N–H and O–H groups in total. The first-order chi connectivity index (χ1) is 14.1. The van der Waals surface area contributed by atoms with Gasteiger partial charge in [-0.15, -0.1) is 0 Å². The van der Waals surface area contributed by atoms with E-state index in [-0.39, 0.29) is 18.6 Å². The number of hydrogen-bond acceptors (Lipinski definition) is 5. The average molecular weight is 390 g/mol. The van der Waals surface area contributed by atoms with Crippen LogP contribution < -0.4 is 16.6 Å². The number of carbonyl (C=O) groups is 1. The molecule has 0 fully saturated rings. The zero-order valence-corrected chi connectivity index (χ0v) is 15.6. The van der Waals surface area contributed by atoms with E-state index in [0.717, 1.165) is 4.57 Å². The van der Waals surface area contributed by atoms with Gasteiger partial charge >= 0.3 is 5.69 Å². The zero-order valence-electron chi connectivity index (χ0n) is 15.6. The molecule has 0 aliphatic heterocycles. The fourth-order valence-corrected chi connectivity index (χ4v) is 3.21. The Balaban J connectivity index is 1.72. The number of aromatic nitrogens is 5. The third-order valence-corrected chi connectivity index (χ3v) is 4.53. The van der Waals surface area contributed by atoms with E-state index in [9.17, 15) is 14.4 Å². The van der Waals surface area contributed by atoms with Crippen LogP contribution >= 0.6 is 0 Å². The normalized spacial score (nSPS) is 10.9. The molecule has 146 valence electrons. The smallest absolute Gasteiger partial charge is 0.321 e. The summed E-state index contributed by atoms with van der Waals surface area (Å²) in [6.07, 6.45) is 4.93. The lowest BCUT2D eigenvalue weighted by atomic mass is 10.2. The Morgan fingerprint density at radius 2 is 1.86 bits per heavy atom. The van der Waals surface area contributed by atoms with Gasteiger partial charge in [-0.25, -0.2) is 14.5 Å². The van der Waals surface area contributed by atoms with E-state index < -0.39 is 11.6 Å². The molecule has 3 heterocycles. The summed E-state index contributed by atoms with van der Waals surface area (Å²) in [7, 11) is 0. The lowest BCUT2D eigenvalue weighted by molar-refractivity contribution is -0.116. The largest absolute Gasteiger partial charge is 0.331 e. The first kappa shape index (κ1) is 18.4. The molecule has 9 heteroatoms. The van der Waals surface area contributed by atoms with Gasteiger partial charge in [0.2, 0.25) is 5.91 Å². The second-order valence-electron chi connectivity index (χ2n) is 6.31. The number of nitrogens with zero attached hydrogens (tertiary/aromatic N) is 5. The predicted molar refractivity (Wildman–Crippen MR) is 108 cm³/mol. The highest BCUT2D eigenvalue weighted by Gasteiger charge is 2.16. The minimum Gasteiger partial charge on any atom is -0.321 e. The van der Waals surface area contributed by atoms with Crippen molar-refractivity contribution in [1.29, 1.82) is 0 Å². The van der Waals surface area contributed by atoms with E-state index in [2.05, 4.69) is 15.4 Å². The maximum Gasteiger partial charge on any atom is 0.331 e. The van der Waals surface area contributed by atoms with Crippen molar-refractivity contribution in [3.8, 4) is 5.82 Å². The molecule has 0 saturated carbocycles. The van der Waals surface area contributed by atoms with E-state index in [4.69, 9.17) is 0 Å². The van der Waals surface area contributed by atoms with Gasteiger partial charge in [0, 0.05) is 25.1 Å². The number of pyridine rings is 1. The van der Waals surface area contributed by atoms with Crippen molar-refractivity contribution < 1.29 is 4.79 Å². The first-order valence-electron chi connectivity index (χ1n) is 9.07. The monoisotopic (exact) mass is 390 g/mol. The van der Waals surface area contributed by atoms with Crippen LogP contribution in [-0.4, -0.2) is 29.8 Å². The summed E-state index contributed by atoms with van der Waals surface area (Å²) in [4.78, 5) is 42.3. The molecular weight excluding hydrogens is 372 g/mol. The van der Waals surface area contributed by atoms with Gasteiger partial charge in [0.05, 0.1) is 16.6 Å². The van der Waals surface area contributed by atoms with Gasteiger partial charge in [0.15, 0.2) is 5.82 Å². The average Bonchev–Trinajstić information content (AvgIpc) is 3.27. The second-order valence-corrected chi connectivity index (χ2v) is 6.31. The topological polar surface area (TPSA) is 104 Å². The number of anilines is 1. The van der Waals surface area contributed by atoms with E-state index in [0.29, 0.717) is 22.4 Å². The molecule has 0 saturated heterocycles. The third kappa shape index (κ3) is 3.33. The first-order valence-corrected chi connectivity index (χ1v) is 9.07. The minimum atomic E-state index is -0.523. The van der Waals surface area contributed by atoms with Crippen LogP contribution in [0.4, 0.5) is 5.69 Å². The van der Waals surface area contributed by atoms with Crippen LogP contribution in [-0.2, 0) is 17.9 Å². The quantitative estimate of drug-likeness (QED) is 0.555. The lowest BCUT2D eigenvalue weighted by Gasteiger charge is -2.14. The molecule has 0 spiro atoms. The summed E-state index contributed by atoms with van der Waals surface area (Å²) in [6, 6.07) is 11.9. The number of fused-ring (bicyclic) bond motifs is 1. The summed E-state index contributed by atoms with van der Waals surface area (Å²) in [5, 5.41) is 7.31. The number of nitrogens with one attached hydrogen (secondary N) is 1. The molecular formula is C20H18N6O3. The van der Waals surface area contributed by atoms with Crippen LogP contribution in [0.3, 0.4) is 0 Å². The van der Waals surface area contributed by atoms with Crippen LogP contribution in [0.15, 0.2) is 70.6 Å². The minimum absolute atomic E-state index is 0.218. The maximum absolute atomic E-state index is 12.8. The van der Waals surface area contributed by atoms with E-state index >= 15 is 0 Å². The summed E-state index contributed by atoms with van der Waals surface area (Å²) in [5.41, 5.74) is -0.00831. The van der Waals surface area contributed by atoms with E-state index in [1.54, 1.807) is 68.0 Å². The number of amides is 1. The Labute approximate surface area is 164 Å². The van der Waals surface area contributed by atoms with Gasteiger partial charge in [-0.3, -0.25) is 18.7 Å². The van der Waals surface area contributed by atoms with Crippen molar-refractivity contribution in [2.75, 3.05) is 5.32 Å². The molecule has 0 unspecified atom stereocenters. The van der Waals surface area contributed by atoms with Gasteiger partial charge < -0.3 is 5.32 Å². The Kier molecular flexibility index (Phi) is 4.78. The highest BCUT2D eigenvalue weighted by molar-refractivity contribution is 5.93. The second kappa shape index (κ2) is 7.55. The molecule has 3 aromatic heterocycles. The molecule has 0 atom stereocenters. The van der Waals surface area contributed by atoms with Crippen molar-refractivity contribution in [3.63, 3.8) is 0 Å². The molecule has 0 radical (unpaired) electrons. The van der Waals surface area contributed by atoms with Crippen LogP contribution in [0.25, 0.3) is 16.7 Å². The van der Waals surface area contributed by atoms with Gasteiger partial charge in [-0.1, -0.05) is 12.1 Å². The third-order valence-electron chi connectivity index (χ3n) is 4.53. The SMILES string of the molecule is CCn1c(=O)c2ccccc2n(CC(=O)Nc2cccnc2-n2cccn2)c1=O. The Hall–Kier alpha value is -4.01. The van der Waals surface area contributed by atoms with Gasteiger partial charge in [-0.05, 0) is 37.3 Å². The van der Waals surface area contributed by atoms with Crippen LogP contribution in [0, 0.1) is 0 Å². The van der Waals surface area contributed by atoms with Crippen LogP contribution in [0.5, 0.6) is 0 Å². The summed E-state index contributed by atoms with van der Waals surface area (Å²) in [6.45, 7) is 1.69. The fourth-order valence-electron chi connectivity index (χ4n) is 3.21. The summed E-state index contributed by atoms with van der Waals surface area (Å²) in [5.74, 6) is 0.0431. The van der Waals surface area contributed by atoms with Crippen molar-refractivity contribution in [1.82, 2.24) is 23.9 Å². The van der Waals surface area contributed by atoms with Gasteiger partial charge in [0.1, 0.15) is 6.54 Å².